The normalized spacial score (nSPS) is 10.8. The van der Waals surface area contributed by atoms with Crippen LogP contribution in [0.4, 0.5) is 4.79 Å². The number of nitrogens with one attached hydrogen (secondary N) is 2. The Kier molecular flexibility index (Phi) is 5.01. The fourth-order valence-electron chi connectivity index (χ4n) is 3.12. The van der Waals surface area contributed by atoms with E-state index in [2.05, 4.69) is 38.9 Å². The van der Waals surface area contributed by atoms with Gasteiger partial charge in [0.05, 0.1) is 11.9 Å². The smallest absolute Gasteiger partial charge is 0.315 e. The number of hydrogen-bond donors (Lipinski definition) is 2. The largest absolute Gasteiger partial charge is 0.334 e. The van der Waals surface area contributed by atoms with Gasteiger partial charge in [-0.3, -0.25) is 9.67 Å². The molecule has 0 bridgehead atoms. The fraction of sp³-hybridized carbons (Fsp3) is 0.136. The Hall–Kier alpha value is -3.67. The highest BCUT2D eigenvalue weighted by Gasteiger charge is 2.05. The average Bonchev–Trinajstić information content (AvgIpc) is 3.17. The van der Waals surface area contributed by atoms with E-state index in [0.29, 0.717) is 13.1 Å². The second-order valence-electron chi connectivity index (χ2n) is 6.63. The van der Waals surface area contributed by atoms with Gasteiger partial charge in [0.25, 0.3) is 0 Å². The quantitative estimate of drug-likeness (QED) is 0.563. The molecule has 0 atom stereocenters. The van der Waals surface area contributed by atoms with Crippen LogP contribution in [0, 0.1) is 0 Å². The predicted octanol–water partition coefficient (Wildman–Crippen LogP) is 3.63. The van der Waals surface area contributed by atoms with Crippen molar-refractivity contribution in [2.75, 3.05) is 0 Å². The first-order valence-electron chi connectivity index (χ1n) is 9.11. The highest BCUT2D eigenvalue weighted by Crippen LogP contribution is 2.18. The minimum absolute atomic E-state index is 0.204. The third-order valence-electron chi connectivity index (χ3n) is 4.60. The summed E-state index contributed by atoms with van der Waals surface area (Å²) in [5, 5.41) is 12.3. The molecule has 0 fully saturated rings. The van der Waals surface area contributed by atoms with Crippen LogP contribution in [-0.4, -0.2) is 20.8 Å². The molecule has 4 rings (SSSR count). The van der Waals surface area contributed by atoms with Gasteiger partial charge in [-0.05, 0) is 28.0 Å². The third-order valence-corrected chi connectivity index (χ3v) is 4.60. The summed E-state index contributed by atoms with van der Waals surface area (Å²) >= 11 is 0. The molecular weight excluding hydrogens is 350 g/mol. The van der Waals surface area contributed by atoms with Crippen LogP contribution in [0.25, 0.3) is 22.0 Å². The molecule has 4 aromatic rings. The molecule has 2 aromatic carbocycles. The van der Waals surface area contributed by atoms with Gasteiger partial charge in [0.15, 0.2) is 0 Å². The Labute approximate surface area is 163 Å². The fourth-order valence-corrected chi connectivity index (χ4v) is 3.12. The van der Waals surface area contributed by atoms with Crippen molar-refractivity contribution in [3.63, 3.8) is 0 Å². The lowest BCUT2D eigenvalue weighted by Crippen LogP contribution is -2.34. The predicted molar refractivity (Wildman–Crippen MR) is 109 cm³/mol. The van der Waals surface area contributed by atoms with Crippen LogP contribution in [0.1, 0.15) is 11.1 Å². The first-order valence-corrected chi connectivity index (χ1v) is 9.11. The number of nitrogens with zero attached hydrogens (tertiary/aromatic N) is 3. The maximum absolute atomic E-state index is 12.2. The van der Waals surface area contributed by atoms with E-state index >= 15 is 0 Å². The molecule has 2 amide bonds. The van der Waals surface area contributed by atoms with Gasteiger partial charge in [0.1, 0.15) is 0 Å². The second kappa shape index (κ2) is 7.92. The topological polar surface area (TPSA) is 71.8 Å². The molecule has 0 saturated heterocycles. The molecule has 6 nitrogen and oxygen atoms in total. The van der Waals surface area contributed by atoms with Crippen LogP contribution < -0.4 is 10.6 Å². The number of fused-ring (bicyclic) bond motifs is 1. The highest BCUT2D eigenvalue weighted by atomic mass is 16.2. The van der Waals surface area contributed by atoms with Gasteiger partial charge in [0.2, 0.25) is 0 Å². The van der Waals surface area contributed by atoms with Gasteiger partial charge in [-0.25, -0.2) is 4.79 Å². The molecule has 0 radical (unpaired) electrons. The lowest BCUT2D eigenvalue weighted by Gasteiger charge is -2.10. The van der Waals surface area contributed by atoms with Gasteiger partial charge >= 0.3 is 6.03 Å². The maximum Gasteiger partial charge on any atom is 0.315 e. The Morgan fingerprint density at radius 1 is 0.964 bits per heavy atom. The van der Waals surface area contributed by atoms with E-state index < -0.39 is 0 Å². The monoisotopic (exact) mass is 371 g/mol. The van der Waals surface area contributed by atoms with E-state index in [1.807, 2.05) is 49.6 Å². The number of aryl methyl sites for hydroxylation is 1. The number of carbonyl (C=O) groups is 1. The Morgan fingerprint density at radius 2 is 1.79 bits per heavy atom. The van der Waals surface area contributed by atoms with E-state index in [0.717, 1.165) is 27.8 Å². The lowest BCUT2D eigenvalue weighted by molar-refractivity contribution is 0.240. The maximum atomic E-state index is 12.2. The number of hydrogen-bond acceptors (Lipinski definition) is 3. The minimum atomic E-state index is -0.204. The zero-order valence-electron chi connectivity index (χ0n) is 15.6. The Balaban J connectivity index is 1.32. The summed E-state index contributed by atoms with van der Waals surface area (Å²) in [6.07, 6.45) is 5.47. The highest BCUT2D eigenvalue weighted by molar-refractivity contribution is 5.86. The summed E-state index contributed by atoms with van der Waals surface area (Å²) in [6, 6.07) is 18.0. The van der Waals surface area contributed by atoms with Crippen LogP contribution in [0.3, 0.4) is 0 Å². The van der Waals surface area contributed by atoms with Crippen LogP contribution in [0.2, 0.25) is 0 Å². The molecule has 0 spiro atoms. The molecule has 28 heavy (non-hydrogen) atoms. The van der Waals surface area contributed by atoms with Crippen LogP contribution >= 0.6 is 0 Å². The standard InChI is InChI=1S/C22H21N5O/c1-27-15-19(14-26-27)21-10-9-16(11-23-21)12-24-22(28)25-13-18-7-4-6-17-5-2-3-8-20(17)18/h2-11,14-15H,12-13H2,1H3,(H2,24,25,28). The number of urea groups is 1. The number of amides is 2. The zero-order valence-corrected chi connectivity index (χ0v) is 15.6. The first-order chi connectivity index (χ1) is 13.7. The summed E-state index contributed by atoms with van der Waals surface area (Å²) in [7, 11) is 1.87. The van der Waals surface area contributed by atoms with Crippen molar-refractivity contribution >= 4 is 16.8 Å². The molecule has 0 unspecified atom stereocenters. The molecular formula is C22H21N5O. The number of carbonyl (C=O) groups excluding carboxylic acids is 1. The molecule has 0 aliphatic carbocycles. The summed E-state index contributed by atoms with van der Waals surface area (Å²) in [5.41, 5.74) is 3.86. The van der Waals surface area contributed by atoms with Gasteiger partial charge in [-0.1, -0.05) is 48.5 Å². The summed E-state index contributed by atoms with van der Waals surface area (Å²) in [6.45, 7) is 0.896. The number of rotatable bonds is 5. The number of benzene rings is 2. The molecule has 0 aliphatic rings. The summed E-state index contributed by atoms with van der Waals surface area (Å²) in [4.78, 5) is 16.6. The second-order valence-corrected chi connectivity index (χ2v) is 6.63. The van der Waals surface area contributed by atoms with Crippen LogP contribution in [-0.2, 0) is 20.1 Å². The van der Waals surface area contributed by atoms with E-state index in [4.69, 9.17) is 0 Å². The zero-order chi connectivity index (χ0) is 19.3. The molecule has 2 heterocycles. The Morgan fingerprint density at radius 3 is 2.57 bits per heavy atom. The molecule has 2 N–H and O–H groups in total. The third kappa shape index (κ3) is 4.01. The number of aromatic nitrogens is 3. The lowest BCUT2D eigenvalue weighted by atomic mass is 10.0. The minimum Gasteiger partial charge on any atom is -0.334 e. The Bertz CT molecular complexity index is 1100. The molecule has 140 valence electrons. The molecule has 0 saturated carbocycles. The summed E-state index contributed by atoms with van der Waals surface area (Å²) in [5.74, 6) is 0. The molecule has 2 aromatic heterocycles. The van der Waals surface area contributed by atoms with Crippen LogP contribution in [0.5, 0.6) is 0 Å². The van der Waals surface area contributed by atoms with Crippen molar-refractivity contribution in [3.8, 4) is 11.3 Å². The van der Waals surface area contributed by atoms with E-state index in [-0.39, 0.29) is 6.03 Å². The van der Waals surface area contributed by atoms with Crippen molar-refractivity contribution in [1.29, 1.82) is 0 Å². The molecule has 0 aliphatic heterocycles. The van der Waals surface area contributed by atoms with Crippen molar-refractivity contribution in [3.05, 3.63) is 84.3 Å². The van der Waals surface area contributed by atoms with E-state index in [9.17, 15) is 4.79 Å². The van der Waals surface area contributed by atoms with Crippen LogP contribution in [0.15, 0.2) is 73.2 Å². The van der Waals surface area contributed by atoms with Gasteiger partial charge in [0, 0.05) is 38.1 Å². The van der Waals surface area contributed by atoms with Crippen molar-refractivity contribution < 1.29 is 4.79 Å². The van der Waals surface area contributed by atoms with E-state index in [1.165, 1.54) is 5.39 Å². The van der Waals surface area contributed by atoms with Crippen molar-refractivity contribution in [2.45, 2.75) is 13.1 Å². The van der Waals surface area contributed by atoms with Gasteiger partial charge < -0.3 is 10.6 Å². The summed E-state index contributed by atoms with van der Waals surface area (Å²) < 4.78 is 1.74. The van der Waals surface area contributed by atoms with Crippen molar-refractivity contribution in [1.82, 2.24) is 25.4 Å². The first kappa shape index (κ1) is 17.7. The molecule has 6 heteroatoms. The van der Waals surface area contributed by atoms with Gasteiger partial charge in [-0.2, -0.15) is 5.10 Å². The SMILES string of the molecule is Cn1cc(-c2ccc(CNC(=O)NCc3cccc4ccccc34)cn2)cn1. The number of pyridine rings is 1. The van der Waals surface area contributed by atoms with E-state index in [1.54, 1.807) is 17.1 Å². The van der Waals surface area contributed by atoms with Gasteiger partial charge in [-0.15, -0.1) is 0 Å². The average molecular weight is 371 g/mol. The van der Waals surface area contributed by atoms with Crippen molar-refractivity contribution in [2.24, 2.45) is 7.05 Å².